The minimum Gasteiger partial charge on any atom is -0.292 e. The highest BCUT2D eigenvalue weighted by Crippen LogP contribution is 2.71. The molecule has 0 aromatic carbocycles. The summed E-state index contributed by atoms with van der Waals surface area (Å²) in [5, 5.41) is 0.456. The number of hydrogen-bond acceptors (Lipinski definition) is 2. The van der Waals surface area contributed by atoms with Crippen molar-refractivity contribution < 1.29 is 4.79 Å². The highest BCUT2D eigenvalue weighted by molar-refractivity contribution is 9.09. The Morgan fingerprint density at radius 1 is 1.56 bits per heavy atom. The summed E-state index contributed by atoms with van der Waals surface area (Å²) in [6.07, 6.45) is 1.13. The first-order chi connectivity index (χ1) is 7.48. The average Bonchev–Trinajstić information content (AvgIpc) is 2.62. The lowest BCUT2D eigenvalue weighted by atomic mass is 9.95. The molecule has 1 heterocycles. The Hall–Kier alpha value is -0.150. The molecular weight excluding hydrogens is 284 g/mol. The smallest absolute Gasteiger partial charge is 0.183 e. The van der Waals surface area contributed by atoms with Crippen LogP contribution in [-0.4, -0.2) is 11.1 Å². The summed E-state index contributed by atoms with van der Waals surface area (Å²) in [5.41, 5.74) is 3.37. The Bertz CT molecular complexity index is 486. The number of thiophene rings is 1. The second-order valence-electron chi connectivity index (χ2n) is 5.55. The molecule has 3 rings (SSSR count). The molecule has 0 saturated heterocycles. The van der Waals surface area contributed by atoms with Gasteiger partial charge in [-0.25, -0.2) is 0 Å². The van der Waals surface area contributed by atoms with Crippen molar-refractivity contribution in [2.75, 3.05) is 5.33 Å². The van der Waals surface area contributed by atoms with E-state index in [4.69, 9.17) is 0 Å². The zero-order chi connectivity index (χ0) is 11.7. The third kappa shape index (κ3) is 1.19. The van der Waals surface area contributed by atoms with Crippen LogP contribution in [0.15, 0.2) is 0 Å². The molecule has 86 valence electrons. The molecule has 1 aromatic rings. The molecule has 2 aliphatic carbocycles. The molecule has 0 aliphatic heterocycles. The Labute approximate surface area is 108 Å². The largest absolute Gasteiger partial charge is 0.292 e. The van der Waals surface area contributed by atoms with Gasteiger partial charge in [0.1, 0.15) is 0 Å². The van der Waals surface area contributed by atoms with Crippen LogP contribution in [0.25, 0.3) is 0 Å². The van der Waals surface area contributed by atoms with E-state index in [1.807, 2.05) is 0 Å². The molecule has 1 fully saturated rings. The van der Waals surface area contributed by atoms with Crippen LogP contribution in [0.2, 0.25) is 0 Å². The summed E-state index contributed by atoms with van der Waals surface area (Å²) in [5.74, 6) is 1.79. The predicted octanol–water partition coefficient (Wildman–Crippen LogP) is 3.93. The Balaban J connectivity index is 2.08. The summed E-state index contributed by atoms with van der Waals surface area (Å²) < 4.78 is 0. The fourth-order valence-corrected chi connectivity index (χ4v) is 5.05. The summed E-state index contributed by atoms with van der Waals surface area (Å²) >= 11 is 4.98. The fraction of sp³-hybridized carbons (Fsp3) is 0.615. The molecule has 0 amide bonds. The molecule has 0 radical (unpaired) electrons. The van der Waals surface area contributed by atoms with Gasteiger partial charge < -0.3 is 0 Å². The van der Waals surface area contributed by atoms with Gasteiger partial charge in [0.2, 0.25) is 0 Å². The molecule has 2 unspecified atom stereocenters. The summed E-state index contributed by atoms with van der Waals surface area (Å²) in [6, 6.07) is 0. The molecule has 2 aliphatic rings. The van der Waals surface area contributed by atoms with Gasteiger partial charge in [-0.3, -0.25) is 4.79 Å². The van der Waals surface area contributed by atoms with Gasteiger partial charge in [-0.1, -0.05) is 29.8 Å². The summed E-state index contributed by atoms with van der Waals surface area (Å²) in [6.45, 7) is 6.88. The van der Waals surface area contributed by atoms with Crippen molar-refractivity contribution in [1.82, 2.24) is 0 Å². The molecule has 2 atom stereocenters. The number of ketones is 1. The minimum atomic E-state index is 0.258. The number of hydrogen-bond donors (Lipinski definition) is 0. The predicted molar refractivity (Wildman–Crippen MR) is 70.9 cm³/mol. The average molecular weight is 299 g/mol. The topological polar surface area (TPSA) is 17.1 Å². The van der Waals surface area contributed by atoms with Gasteiger partial charge >= 0.3 is 0 Å². The standard InChI is InChI=1S/C13H15BrOS/c1-6-10-7(12(16-6)9(15)5-14)4-8-11(10)13(8,2)3/h8,11H,4-5H2,1-3H3. The third-order valence-corrected chi connectivity index (χ3v) is 6.11. The third-order valence-electron chi connectivity index (χ3n) is 4.39. The highest BCUT2D eigenvalue weighted by Gasteiger charge is 2.63. The van der Waals surface area contributed by atoms with E-state index in [2.05, 4.69) is 36.7 Å². The van der Waals surface area contributed by atoms with Crippen LogP contribution in [-0.2, 0) is 6.42 Å². The molecule has 16 heavy (non-hydrogen) atoms. The zero-order valence-corrected chi connectivity index (χ0v) is 12.2. The SMILES string of the molecule is Cc1sc(C(=O)CBr)c2c1C1C(C2)C1(C)C. The van der Waals surface area contributed by atoms with E-state index in [0.717, 1.165) is 23.1 Å². The van der Waals surface area contributed by atoms with Gasteiger partial charge in [0.25, 0.3) is 0 Å². The maximum absolute atomic E-state index is 11.8. The number of rotatable bonds is 2. The number of fused-ring (bicyclic) bond motifs is 3. The van der Waals surface area contributed by atoms with Crippen molar-refractivity contribution in [1.29, 1.82) is 0 Å². The van der Waals surface area contributed by atoms with Crippen LogP contribution in [0.3, 0.4) is 0 Å². The first-order valence-electron chi connectivity index (χ1n) is 5.69. The summed E-state index contributed by atoms with van der Waals surface area (Å²) in [7, 11) is 0. The van der Waals surface area contributed by atoms with Crippen LogP contribution < -0.4 is 0 Å². The van der Waals surface area contributed by atoms with Crippen molar-refractivity contribution in [2.24, 2.45) is 11.3 Å². The maximum Gasteiger partial charge on any atom is 0.183 e. The molecule has 3 heteroatoms. The van der Waals surface area contributed by atoms with Crippen LogP contribution >= 0.6 is 27.3 Å². The minimum absolute atomic E-state index is 0.258. The van der Waals surface area contributed by atoms with Gasteiger partial charge in [-0.15, -0.1) is 11.3 Å². The maximum atomic E-state index is 11.8. The van der Waals surface area contributed by atoms with Gasteiger partial charge in [0.05, 0.1) is 10.2 Å². The quantitative estimate of drug-likeness (QED) is 0.597. The molecule has 1 nitrogen and oxygen atoms in total. The monoisotopic (exact) mass is 298 g/mol. The highest BCUT2D eigenvalue weighted by atomic mass is 79.9. The van der Waals surface area contributed by atoms with E-state index in [0.29, 0.717) is 10.7 Å². The van der Waals surface area contributed by atoms with Crippen molar-refractivity contribution in [3.8, 4) is 0 Å². The van der Waals surface area contributed by atoms with Crippen LogP contribution in [0, 0.1) is 18.3 Å². The Kier molecular flexibility index (Phi) is 2.19. The molecule has 0 N–H and O–H groups in total. The van der Waals surface area contributed by atoms with Crippen molar-refractivity contribution in [3.05, 3.63) is 20.9 Å². The number of halogens is 1. The van der Waals surface area contributed by atoms with Crippen molar-refractivity contribution in [3.63, 3.8) is 0 Å². The Morgan fingerprint density at radius 2 is 2.25 bits per heavy atom. The van der Waals surface area contributed by atoms with E-state index in [1.165, 1.54) is 16.0 Å². The fourth-order valence-electron chi connectivity index (χ4n) is 3.42. The number of aryl methyl sites for hydroxylation is 1. The van der Waals surface area contributed by atoms with Crippen molar-refractivity contribution in [2.45, 2.75) is 33.1 Å². The molecule has 0 bridgehead atoms. The lowest BCUT2D eigenvalue weighted by Crippen LogP contribution is -2.04. The van der Waals surface area contributed by atoms with Gasteiger partial charge in [-0.05, 0) is 41.7 Å². The second kappa shape index (κ2) is 3.20. The lowest BCUT2D eigenvalue weighted by molar-refractivity contribution is 0.102. The summed E-state index contributed by atoms with van der Waals surface area (Å²) in [4.78, 5) is 14.2. The van der Waals surface area contributed by atoms with Crippen LogP contribution in [0.5, 0.6) is 0 Å². The van der Waals surface area contributed by atoms with E-state index in [1.54, 1.807) is 11.3 Å². The normalized spacial score (nSPS) is 28.8. The molecule has 1 aromatic heterocycles. The van der Waals surface area contributed by atoms with Gasteiger partial charge in [-0.2, -0.15) is 0 Å². The first-order valence-corrected chi connectivity index (χ1v) is 7.63. The number of alkyl halides is 1. The van der Waals surface area contributed by atoms with Gasteiger partial charge in [0.15, 0.2) is 5.78 Å². The van der Waals surface area contributed by atoms with Crippen molar-refractivity contribution >= 4 is 33.0 Å². The van der Waals surface area contributed by atoms with E-state index in [9.17, 15) is 4.79 Å². The zero-order valence-electron chi connectivity index (χ0n) is 9.76. The van der Waals surface area contributed by atoms with Crippen LogP contribution in [0.1, 0.15) is 45.4 Å². The number of carbonyl (C=O) groups excluding carboxylic acids is 1. The van der Waals surface area contributed by atoms with E-state index < -0.39 is 0 Å². The van der Waals surface area contributed by atoms with E-state index >= 15 is 0 Å². The second-order valence-corrected chi connectivity index (χ2v) is 7.33. The number of carbonyl (C=O) groups is 1. The molecular formula is C13H15BrOS. The molecule has 1 saturated carbocycles. The van der Waals surface area contributed by atoms with Crippen LogP contribution in [0.4, 0.5) is 0 Å². The number of Topliss-reactive ketones (excluding diaryl/α,β-unsaturated/α-hetero) is 1. The van der Waals surface area contributed by atoms with E-state index in [-0.39, 0.29) is 5.78 Å². The first kappa shape index (κ1) is 11.0. The van der Waals surface area contributed by atoms with Gasteiger partial charge in [0, 0.05) is 4.88 Å². The molecule has 0 spiro atoms. The lowest BCUT2D eigenvalue weighted by Gasteiger charge is -2.09. The Morgan fingerprint density at radius 3 is 2.88 bits per heavy atom.